The molecule has 1 unspecified atom stereocenters. The van der Waals surface area contributed by atoms with Crippen LogP contribution in [0.5, 0.6) is 17.2 Å². The van der Waals surface area contributed by atoms with Crippen LogP contribution >= 0.6 is 0 Å². The molecular weight excluding hydrogens is 272 g/mol. The summed E-state index contributed by atoms with van der Waals surface area (Å²) in [7, 11) is 4.66. The summed E-state index contributed by atoms with van der Waals surface area (Å²) in [6, 6.07) is 3.52. The maximum Gasteiger partial charge on any atom is 0.204 e. The first kappa shape index (κ1) is 15.5. The molecule has 0 radical (unpaired) electrons. The highest BCUT2D eigenvalue weighted by Gasteiger charge is 2.28. The number of hydrogen-bond acceptors (Lipinski definition) is 5. The molecule has 0 saturated heterocycles. The second kappa shape index (κ2) is 5.48. The highest BCUT2D eigenvalue weighted by Crippen LogP contribution is 2.46. The topological polar surface area (TPSA) is 61.1 Å². The van der Waals surface area contributed by atoms with Crippen molar-refractivity contribution in [2.24, 2.45) is 5.41 Å². The van der Waals surface area contributed by atoms with Gasteiger partial charge in [0.1, 0.15) is 17.4 Å². The number of hydrogen-bond donors (Lipinski definition) is 1. The Labute approximate surface area is 124 Å². The van der Waals surface area contributed by atoms with Crippen molar-refractivity contribution in [2.45, 2.75) is 26.9 Å². The van der Waals surface area contributed by atoms with E-state index in [0.29, 0.717) is 28.6 Å². The zero-order valence-electron chi connectivity index (χ0n) is 13.3. The van der Waals surface area contributed by atoms with Gasteiger partial charge in [-0.25, -0.2) is 0 Å². The minimum absolute atomic E-state index is 0.324. The second-order valence-corrected chi connectivity index (χ2v) is 5.97. The lowest BCUT2D eigenvalue weighted by Crippen LogP contribution is -2.16. The summed E-state index contributed by atoms with van der Waals surface area (Å²) < 4.78 is 21.8. The van der Waals surface area contributed by atoms with Gasteiger partial charge in [-0.1, -0.05) is 20.8 Å². The molecule has 1 N–H and O–H groups in total. The van der Waals surface area contributed by atoms with Gasteiger partial charge in [0.25, 0.3) is 0 Å². The third-order valence-electron chi connectivity index (χ3n) is 3.43. The molecule has 0 saturated carbocycles. The Morgan fingerprint density at radius 2 is 1.62 bits per heavy atom. The Balaban J connectivity index is 2.67. The Kier molecular flexibility index (Phi) is 4.05. The van der Waals surface area contributed by atoms with Gasteiger partial charge < -0.3 is 23.7 Å². The van der Waals surface area contributed by atoms with Gasteiger partial charge in [0.15, 0.2) is 11.5 Å². The lowest BCUT2D eigenvalue weighted by Gasteiger charge is -2.23. The minimum Gasteiger partial charge on any atom is -0.493 e. The van der Waals surface area contributed by atoms with Crippen LogP contribution in [0.3, 0.4) is 0 Å². The van der Waals surface area contributed by atoms with Crippen molar-refractivity contribution >= 4 is 11.0 Å². The van der Waals surface area contributed by atoms with E-state index < -0.39 is 6.10 Å². The predicted molar refractivity (Wildman–Crippen MR) is 80.3 cm³/mol. The first-order chi connectivity index (χ1) is 9.83. The lowest BCUT2D eigenvalue weighted by molar-refractivity contribution is 0.0448. The third kappa shape index (κ3) is 2.65. The average molecular weight is 294 g/mol. The Bertz CT molecular complexity index is 636. The van der Waals surface area contributed by atoms with Crippen molar-refractivity contribution in [3.8, 4) is 17.2 Å². The summed E-state index contributed by atoms with van der Waals surface area (Å²) >= 11 is 0. The molecule has 116 valence electrons. The van der Waals surface area contributed by atoms with Crippen molar-refractivity contribution in [2.75, 3.05) is 21.3 Å². The van der Waals surface area contributed by atoms with Crippen LogP contribution in [0.25, 0.3) is 11.0 Å². The summed E-state index contributed by atoms with van der Waals surface area (Å²) in [6.07, 6.45) is -0.716. The molecule has 5 nitrogen and oxygen atoms in total. The molecule has 0 aliphatic heterocycles. The molecule has 1 aromatic carbocycles. The number of ether oxygens (including phenoxy) is 3. The van der Waals surface area contributed by atoms with E-state index in [2.05, 4.69) is 0 Å². The highest BCUT2D eigenvalue weighted by atomic mass is 16.5. The van der Waals surface area contributed by atoms with Crippen molar-refractivity contribution in [1.29, 1.82) is 0 Å². The standard InChI is InChI=1S/C16H22O5/c1-16(2,3)15(17)12-7-9-10(21-12)8-11(18-4)14(20-6)13(9)19-5/h7-8,15,17H,1-6H3. The fourth-order valence-corrected chi connectivity index (χ4v) is 2.24. The molecule has 0 bridgehead atoms. The van der Waals surface area contributed by atoms with Crippen LogP contribution in [0.1, 0.15) is 32.6 Å². The van der Waals surface area contributed by atoms with E-state index in [4.69, 9.17) is 18.6 Å². The molecule has 0 spiro atoms. The summed E-state index contributed by atoms with van der Waals surface area (Å²) in [5.74, 6) is 2.05. The van der Waals surface area contributed by atoms with E-state index >= 15 is 0 Å². The van der Waals surface area contributed by atoms with E-state index in [1.54, 1.807) is 33.5 Å². The molecule has 1 atom stereocenters. The number of rotatable bonds is 4. The fourth-order valence-electron chi connectivity index (χ4n) is 2.24. The van der Waals surface area contributed by atoms with Crippen LogP contribution in [-0.4, -0.2) is 26.4 Å². The summed E-state index contributed by atoms with van der Waals surface area (Å²) in [5, 5.41) is 11.1. The van der Waals surface area contributed by atoms with Crippen LogP contribution in [0, 0.1) is 5.41 Å². The predicted octanol–water partition coefficient (Wildman–Crippen LogP) is 3.54. The third-order valence-corrected chi connectivity index (χ3v) is 3.43. The second-order valence-electron chi connectivity index (χ2n) is 5.97. The Morgan fingerprint density at radius 3 is 2.10 bits per heavy atom. The fraction of sp³-hybridized carbons (Fsp3) is 0.500. The Morgan fingerprint density at radius 1 is 1.00 bits per heavy atom. The van der Waals surface area contributed by atoms with Gasteiger partial charge in [-0.15, -0.1) is 0 Å². The minimum atomic E-state index is -0.716. The first-order valence-corrected chi connectivity index (χ1v) is 6.74. The van der Waals surface area contributed by atoms with Gasteiger partial charge in [-0.2, -0.15) is 0 Å². The number of fused-ring (bicyclic) bond motifs is 1. The number of methoxy groups -OCH3 is 3. The zero-order valence-corrected chi connectivity index (χ0v) is 13.3. The van der Waals surface area contributed by atoms with E-state index in [9.17, 15) is 5.11 Å². The first-order valence-electron chi connectivity index (χ1n) is 6.74. The Hall–Kier alpha value is -1.88. The van der Waals surface area contributed by atoms with Crippen LogP contribution in [0.4, 0.5) is 0 Å². The van der Waals surface area contributed by atoms with E-state index in [-0.39, 0.29) is 5.41 Å². The largest absolute Gasteiger partial charge is 0.493 e. The molecular formula is C16H22O5. The maximum atomic E-state index is 10.4. The SMILES string of the molecule is COc1cc2oc(C(O)C(C)(C)C)cc2c(OC)c1OC. The number of benzene rings is 1. The van der Waals surface area contributed by atoms with Crippen molar-refractivity contribution in [3.05, 3.63) is 17.9 Å². The van der Waals surface area contributed by atoms with Gasteiger partial charge in [0, 0.05) is 6.07 Å². The maximum absolute atomic E-state index is 10.4. The molecule has 5 heteroatoms. The quantitative estimate of drug-likeness (QED) is 0.934. The van der Waals surface area contributed by atoms with Crippen molar-refractivity contribution < 1.29 is 23.7 Å². The van der Waals surface area contributed by atoms with Crippen molar-refractivity contribution in [3.63, 3.8) is 0 Å². The highest BCUT2D eigenvalue weighted by molar-refractivity contribution is 5.90. The van der Waals surface area contributed by atoms with Gasteiger partial charge in [0.2, 0.25) is 5.75 Å². The molecule has 0 amide bonds. The van der Waals surface area contributed by atoms with E-state index in [1.165, 1.54) is 0 Å². The normalized spacial score (nSPS) is 13.3. The number of aliphatic hydroxyl groups is 1. The van der Waals surface area contributed by atoms with Gasteiger partial charge in [-0.3, -0.25) is 0 Å². The summed E-state index contributed by atoms with van der Waals surface area (Å²) in [4.78, 5) is 0. The molecule has 0 aliphatic rings. The van der Waals surface area contributed by atoms with E-state index in [1.807, 2.05) is 20.8 Å². The summed E-state index contributed by atoms with van der Waals surface area (Å²) in [6.45, 7) is 5.84. The number of aliphatic hydroxyl groups excluding tert-OH is 1. The van der Waals surface area contributed by atoms with Gasteiger partial charge in [-0.05, 0) is 11.5 Å². The molecule has 2 aromatic rings. The smallest absolute Gasteiger partial charge is 0.204 e. The summed E-state index contributed by atoms with van der Waals surface area (Å²) in [5.41, 5.74) is 0.262. The van der Waals surface area contributed by atoms with Gasteiger partial charge >= 0.3 is 0 Å². The zero-order chi connectivity index (χ0) is 15.8. The van der Waals surface area contributed by atoms with Crippen LogP contribution in [0.15, 0.2) is 16.5 Å². The molecule has 21 heavy (non-hydrogen) atoms. The monoisotopic (exact) mass is 294 g/mol. The molecule has 1 aromatic heterocycles. The molecule has 0 fully saturated rings. The average Bonchev–Trinajstić information content (AvgIpc) is 2.86. The number of furan rings is 1. The lowest BCUT2D eigenvalue weighted by atomic mass is 9.88. The molecule has 0 aliphatic carbocycles. The van der Waals surface area contributed by atoms with Crippen molar-refractivity contribution in [1.82, 2.24) is 0 Å². The van der Waals surface area contributed by atoms with Crippen LogP contribution < -0.4 is 14.2 Å². The molecule has 1 heterocycles. The van der Waals surface area contributed by atoms with Crippen LogP contribution in [0.2, 0.25) is 0 Å². The van der Waals surface area contributed by atoms with Crippen LogP contribution in [-0.2, 0) is 0 Å². The molecule has 2 rings (SSSR count). The van der Waals surface area contributed by atoms with E-state index in [0.717, 1.165) is 5.39 Å². The van der Waals surface area contributed by atoms with Gasteiger partial charge in [0.05, 0.1) is 26.7 Å².